The lowest BCUT2D eigenvalue weighted by Gasteiger charge is -2.23. The topological polar surface area (TPSA) is 56.6 Å². The summed E-state index contributed by atoms with van der Waals surface area (Å²) < 4.78 is 13.0. The fourth-order valence-corrected chi connectivity index (χ4v) is 3.70. The van der Waals surface area contributed by atoms with Crippen LogP contribution >= 0.6 is 11.8 Å². The molecule has 1 aliphatic heterocycles. The maximum atomic E-state index is 12.4. The molecule has 2 atom stereocenters. The normalized spacial score (nSPS) is 20.5. The molecule has 0 aliphatic carbocycles. The quantitative estimate of drug-likeness (QED) is 0.602. The Morgan fingerprint density at radius 2 is 2.08 bits per heavy atom. The number of ether oxygens (including phenoxy) is 2. The minimum absolute atomic E-state index is 0.00944. The standard InChI is InChI=1S/C17H29N3O3S/c1-4-8-19(9-5-2)14-7-10-20(17(21)18-14)15-13-24-16(23-15)12-22-11-6-3/h7,10,15-16H,4-6,8-9,11-13H2,1-3H3/t15-,16?/m0/s1. The largest absolute Gasteiger partial charge is 0.378 e. The molecule has 1 aromatic heterocycles. The number of rotatable bonds is 10. The highest BCUT2D eigenvalue weighted by Crippen LogP contribution is 2.31. The molecule has 0 aromatic carbocycles. The Morgan fingerprint density at radius 1 is 1.33 bits per heavy atom. The predicted molar refractivity (Wildman–Crippen MR) is 98.8 cm³/mol. The van der Waals surface area contributed by atoms with Crippen LogP contribution in [0.5, 0.6) is 0 Å². The highest BCUT2D eigenvalue weighted by atomic mass is 32.2. The van der Waals surface area contributed by atoms with Crippen molar-refractivity contribution in [3.8, 4) is 0 Å². The van der Waals surface area contributed by atoms with Gasteiger partial charge in [-0.3, -0.25) is 4.57 Å². The van der Waals surface area contributed by atoms with E-state index in [1.54, 1.807) is 16.3 Å². The maximum Gasteiger partial charge on any atom is 0.351 e. The van der Waals surface area contributed by atoms with Crippen LogP contribution in [0.3, 0.4) is 0 Å². The van der Waals surface area contributed by atoms with E-state index in [0.717, 1.165) is 50.5 Å². The molecule has 2 rings (SSSR count). The molecule has 24 heavy (non-hydrogen) atoms. The molecule has 136 valence electrons. The van der Waals surface area contributed by atoms with E-state index in [2.05, 4.69) is 30.7 Å². The molecule has 0 spiro atoms. The Labute approximate surface area is 148 Å². The summed E-state index contributed by atoms with van der Waals surface area (Å²) in [5.41, 5.74) is -0.254. The first-order chi connectivity index (χ1) is 11.7. The Kier molecular flexibility index (Phi) is 8.08. The minimum Gasteiger partial charge on any atom is -0.378 e. The Hall–Kier alpha value is -1.05. The van der Waals surface area contributed by atoms with Gasteiger partial charge < -0.3 is 14.4 Å². The van der Waals surface area contributed by atoms with Crippen molar-refractivity contribution in [2.45, 2.75) is 51.7 Å². The van der Waals surface area contributed by atoms with Crippen molar-refractivity contribution in [1.82, 2.24) is 9.55 Å². The Balaban J connectivity index is 2.01. The number of thioether (sulfide) groups is 1. The van der Waals surface area contributed by atoms with Gasteiger partial charge in [0.25, 0.3) is 0 Å². The molecule has 1 aliphatic rings. The fraction of sp³-hybridized carbons (Fsp3) is 0.765. The van der Waals surface area contributed by atoms with Crippen LogP contribution in [0.2, 0.25) is 0 Å². The van der Waals surface area contributed by atoms with Gasteiger partial charge in [-0.05, 0) is 25.3 Å². The van der Waals surface area contributed by atoms with Gasteiger partial charge in [-0.25, -0.2) is 4.79 Å². The second-order valence-electron chi connectivity index (χ2n) is 5.89. The summed E-state index contributed by atoms with van der Waals surface area (Å²) in [5.74, 6) is 1.50. The number of anilines is 1. The summed E-state index contributed by atoms with van der Waals surface area (Å²) in [4.78, 5) is 18.8. The third kappa shape index (κ3) is 5.22. The van der Waals surface area contributed by atoms with E-state index in [0.29, 0.717) is 6.61 Å². The maximum absolute atomic E-state index is 12.4. The van der Waals surface area contributed by atoms with Gasteiger partial charge >= 0.3 is 5.69 Å². The van der Waals surface area contributed by atoms with Crippen LogP contribution in [-0.2, 0) is 9.47 Å². The van der Waals surface area contributed by atoms with Crippen molar-refractivity contribution >= 4 is 17.6 Å². The van der Waals surface area contributed by atoms with E-state index in [9.17, 15) is 4.79 Å². The molecule has 0 bridgehead atoms. The lowest BCUT2D eigenvalue weighted by molar-refractivity contribution is -0.0245. The van der Waals surface area contributed by atoms with Gasteiger partial charge in [0.05, 0.1) is 6.61 Å². The number of aromatic nitrogens is 2. The van der Waals surface area contributed by atoms with Crippen LogP contribution in [-0.4, -0.2) is 47.0 Å². The van der Waals surface area contributed by atoms with E-state index < -0.39 is 0 Å². The van der Waals surface area contributed by atoms with Gasteiger partial charge in [-0.1, -0.05) is 20.8 Å². The Morgan fingerprint density at radius 3 is 2.71 bits per heavy atom. The third-order valence-corrected chi connectivity index (χ3v) is 4.87. The molecule has 0 radical (unpaired) electrons. The van der Waals surface area contributed by atoms with Gasteiger partial charge in [-0.15, -0.1) is 11.8 Å². The first-order valence-electron chi connectivity index (χ1n) is 8.88. The van der Waals surface area contributed by atoms with E-state index >= 15 is 0 Å². The van der Waals surface area contributed by atoms with Crippen LogP contribution in [0, 0.1) is 0 Å². The summed E-state index contributed by atoms with van der Waals surface area (Å²) >= 11 is 1.69. The summed E-state index contributed by atoms with van der Waals surface area (Å²) in [5, 5.41) is 0. The number of hydrogen-bond donors (Lipinski definition) is 0. The molecule has 1 aromatic rings. The predicted octanol–water partition coefficient (Wildman–Crippen LogP) is 2.88. The fourth-order valence-electron chi connectivity index (χ4n) is 2.68. The molecule has 1 fully saturated rings. The zero-order valence-corrected chi connectivity index (χ0v) is 15.8. The van der Waals surface area contributed by atoms with Gasteiger partial charge in [0.15, 0.2) is 0 Å². The van der Waals surface area contributed by atoms with Crippen molar-refractivity contribution < 1.29 is 9.47 Å². The average molecular weight is 356 g/mol. The molecule has 7 heteroatoms. The molecule has 1 unspecified atom stereocenters. The summed E-state index contributed by atoms with van der Waals surface area (Å²) in [6.07, 6.45) is 4.62. The van der Waals surface area contributed by atoms with Gasteiger partial charge in [0.1, 0.15) is 17.5 Å². The smallest absolute Gasteiger partial charge is 0.351 e. The second kappa shape index (κ2) is 10.1. The molecule has 0 N–H and O–H groups in total. The van der Waals surface area contributed by atoms with Gasteiger partial charge in [0, 0.05) is 31.6 Å². The van der Waals surface area contributed by atoms with E-state index in [4.69, 9.17) is 9.47 Å². The lowest BCUT2D eigenvalue weighted by atomic mass is 10.3. The Bertz CT molecular complexity index is 546. The van der Waals surface area contributed by atoms with E-state index in [1.807, 2.05) is 12.3 Å². The van der Waals surface area contributed by atoms with Crippen LogP contribution in [0.1, 0.15) is 46.3 Å². The number of hydrogen-bond acceptors (Lipinski definition) is 6. The monoisotopic (exact) mass is 355 g/mol. The first kappa shape index (κ1) is 19.3. The molecule has 0 saturated carbocycles. The van der Waals surface area contributed by atoms with Crippen molar-refractivity contribution in [3.63, 3.8) is 0 Å². The number of nitrogens with zero attached hydrogens (tertiary/aromatic N) is 3. The van der Waals surface area contributed by atoms with E-state index in [1.165, 1.54) is 0 Å². The van der Waals surface area contributed by atoms with Crippen molar-refractivity contribution in [3.05, 3.63) is 22.7 Å². The SMILES string of the molecule is CCCOCC1O[C@H](n2ccc(N(CCC)CCC)nc2=O)CS1. The summed E-state index contributed by atoms with van der Waals surface area (Å²) in [7, 11) is 0. The molecule has 0 amide bonds. The van der Waals surface area contributed by atoms with Gasteiger partial charge in [-0.2, -0.15) is 4.98 Å². The zero-order valence-electron chi connectivity index (χ0n) is 14.9. The molecule has 6 nitrogen and oxygen atoms in total. The van der Waals surface area contributed by atoms with Crippen LogP contribution in [0.15, 0.2) is 17.1 Å². The molecule has 2 heterocycles. The van der Waals surface area contributed by atoms with Crippen LogP contribution in [0.25, 0.3) is 0 Å². The lowest BCUT2D eigenvalue weighted by Crippen LogP contribution is -2.33. The molecular formula is C17H29N3O3S. The van der Waals surface area contributed by atoms with Crippen LogP contribution in [0.4, 0.5) is 5.82 Å². The average Bonchev–Trinajstić information content (AvgIpc) is 3.03. The highest BCUT2D eigenvalue weighted by Gasteiger charge is 2.28. The van der Waals surface area contributed by atoms with Crippen molar-refractivity contribution in [1.29, 1.82) is 0 Å². The second-order valence-corrected chi connectivity index (χ2v) is 7.08. The highest BCUT2D eigenvalue weighted by molar-refractivity contribution is 8.00. The third-order valence-electron chi connectivity index (χ3n) is 3.77. The summed E-state index contributed by atoms with van der Waals surface area (Å²) in [6, 6.07) is 1.92. The zero-order chi connectivity index (χ0) is 17.4. The minimum atomic E-state index is -0.259. The van der Waals surface area contributed by atoms with Gasteiger partial charge in [0.2, 0.25) is 0 Å². The van der Waals surface area contributed by atoms with Crippen LogP contribution < -0.4 is 10.6 Å². The van der Waals surface area contributed by atoms with Crippen molar-refractivity contribution in [2.75, 3.05) is 37.0 Å². The molecular weight excluding hydrogens is 326 g/mol. The van der Waals surface area contributed by atoms with E-state index in [-0.39, 0.29) is 17.4 Å². The summed E-state index contributed by atoms with van der Waals surface area (Å²) in [6.45, 7) is 9.48. The first-order valence-corrected chi connectivity index (χ1v) is 9.93. The van der Waals surface area contributed by atoms with Crippen molar-refractivity contribution in [2.24, 2.45) is 0 Å². The molecule has 1 saturated heterocycles.